The van der Waals surface area contributed by atoms with E-state index in [1.807, 2.05) is 0 Å². The van der Waals surface area contributed by atoms with Crippen molar-refractivity contribution in [3.8, 4) is 0 Å². The van der Waals surface area contributed by atoms with E-state index < -0.39 is 31.0 Å². The van der Waals surface area contributed by atoms with Crippen molar-refractivity contribution in [2.24, 2.45) is 0 Å². The zero-order valence-corrected chi connectivity index (χ0v) is 8.45. The van der Waals surface area contributed by atoms with Crippen LogP contribution in [-0.2, 0) is 7.61 Å². The molecule has 0 saturated carbocycles. The van der Waals surface area contributed by atoms with Gasteiger partial charge in [-0.05, 0) is 0 Å². The first-order valence-corrected chi connectivity index (χ1v) is 2.83. The zero-order valence-electron chi connectivity index (χ0n) is 3.29. The summed E-state index contributed by atoms with van der Waals surface area (Å²) in [5.74, 6) is 0. The van der Waals surface area contributed by atoms with Crippen LogP contribution in [-0.4, -0.2) is 54.9 Å². The Hall–Kier alpha value is 1.06. The summed E-state index contributed by atoms with van der Waals surface area (Å²) in [6.07, 6.45) is 0. The zero-order chi connectivity index (χ0) is 5.41. The van der Waals surface area contributed by atoms with E-state index in [2.05, 4.69) is 0 Å². The number of hydrogen-bond donors (Lipinski definition) is 0. The molecule has 0 aromatic heterocycles. The quantitative estimate of drug-likeness (QED) is 0.405. The summed E-state index contributed by atoms with van der Waals surface area (Å²) in [5.41, 5.74) is 0. The third-order valence-electron chi connectivity index (χ3n) is 0. The Morgan fingerprint density at radius 2 is 1.00 bits per heavy atom. The standard InChI is InChI=1S/2Al.4O.Sn/q;;;;2*-1;+2. The molecule has 0 bridgehead atoms. The molecule has 0 unspecified atom stereocenters. The summed E-state index contributed by atoms with van der Waals surface area (Å²) in [6, 6.07) is 0. The van der Waals surface area contributed by atoms with Crippen LogP contribution in [0.2, 0.25) is 0 Å². The molecular formula is Al2O4Sn. The minimum atomic E-state index is -1.75. The summed E-state index contributed by atoms with van der Waals surface area (Å²) in [5, 5.41) is 0. The van der Waals surface area contributed by atoms with Crippen LogP contribution in [0.25, 0.3) is 0 Å². The molecule has 0 amide bonds. The van der Waals surface area contributed by atoms with Crippen molar-refractivity contribution < 1.29 is 15.9 Å². The van der Waals surface area contributed by atoms with E-state index in [0.29, 0.717) is 0 Å². The van der Waals surface area contributed by atoms with Crippen LogP contribution in [0.3, 0.4) is 0 Å². The Labute approximate surface area is 70.4 Å². The second kappa shape index (κ2) is 27.7. The van der Waals surface area contributed by atoms with Crippen molar-refractivity contribution in [1.82, 2.24) is 0 Å². The Balaban J connectivity index is -0.0000000400. The minimum absolute atomic E-state index is 0. The van der Waals surface area contributed by atoms with Gasteiger partial charge in [0.05, 0.1) is 0 Å². The molecule has 7 heavy (non-hydrogen) atoms. The first-order valence-electron chi connectivity index (χ1n) is 0.943. The molecule has 0 aliphatic rings. The van der Waals surface area contributed by atoms with E-state index in [0.717, 1.165) is 0 Å². The maximum atomic E-state index is 8.46. The summed E-state index contributed by atoms with van der Waals surface area (Å²) >= 11 is -3.50. The predicted octanol–water partition coefficient (Wildman–Crippen LogP) is -3.76. The Morgan fingerprint density at radius 1 is 1.00 bits per heavy atom. The van der Waals surface area contributed by atoms with E-state index in [1.165, 1.54) is 0 Å². The largest absolute Gasteiger partial charge is 2.00 e. The van der Waals surface area contributed by atoms with Crippen LogP contribution in [0, 0.1) is 0 Å². The molecule has 0 fully saturated rings. The third kappa shape index (κ3) is 160. The van der Waals surface area contributed by atoms with Gasteiger partial charge < -0.3 is 0 Å². The minimum Gasteiger partial charge on any atom is 2.00 e. The third-order valence-corrected chi connectivity index (χ3v) is 0. The van der Waals surface area contributed by atoms with E-state index >= 15 is 0 Å². The maximum Gasteiger partial charge on any atom is 2.00 e. The smallest absolute Gasteiger partial charge is 2.00 e. The monoisotopic (exact) mass is 238 g/mol. The van der Waals surface area contributed by atoms with Gasteiger partial charge in [0.2, 0.25) is 0 Å². The van der Waals surface area contributed by atoms with Gasteiger partial charge in [-0.25, -0.2) is 0 Å². The molecule has 0 atom stereocenters. The van der Waals surface area contributed by atoms with Gasteiger partial charge in [0, 0.05) is 0 Å². The molecule has 0 aromatic carbocycles. The van der Waals surface area contributed by atoms with Crippen molar-refractivity contribution >= 4 is 54.9 Å². The Bertz CT molecular complexity index is 30.7. The molecule has 0 N–H and O–H groups in total. The van der Waals surface area contributed by atoms with Gasteiger partial charge in [0.1, 0.15) is 0 Å². The normalized spacial score (nSPS) is 2.29. The molecular weight excluding hydrogens is 237 g/mol. The van der Waals surface area contributed by atoms with Crippen LogP contribution < -0.4 is 8.32 Å². The molecule has 0 aromatic rings. The van der Waals surface area contributed by atoms with Crippen LogP contribution in [0.15, 0.2) is 0 Å². The molecule has 0 heterocycles. The molecule has 0 saturated heterocycles. The van der Waals surface area contributed by atoms with Gasteiger partial charge in [-0.15, -0.1) is 0 Å². The molecule has 0 aliphatic heterocycles. The first kappa shape index (κ1) is 15.7. The molecule has 4 nitrogen and oxygen atoms in total. The SMILES string of the molecule is [O]=[Al][O-].[O]=[Al][O-].[Sn+2]. The van der Waals surface area contributed by atoms with Gasteiger partial charge in [-0.2, -0.15) is 0 Å². The molecule has 0 spiro atoms. The van der Waals surface area contributed by atoms with E-state index in [4.69, 9.17) is 15.9 Å². The molecule has 34 valence electrons. The Morgan fingerprint density at radius 3 is 1.00 bits per heavy atom. The van der Waals surface area contributed by atoms with Gasteiger partial charge >= 0.3 is 70.8 Å². The fraction of sp³-hybridized carbons (Fsp3) is 0. The van der Waals surface area contributed by atoms with Crippen LogP contribution >= 0.6 is 0 Å². The summed E-state index contributed by atoms with van der Waals surface area (Å²) < 4.78 is 33.8. The van der Waals surface area contributed by atoms with Crippen molar-refractivity contribution in [2.45, 2.75) is 0 Å². The molecule has 0 aliphatic carbocycles. The van der Waals surface area contributed by atoms with Crippen molar-refractivity contribution in [3.05, 3.63) is 0 Å². The van der Waals surface area contributed by atoms with Gasteiger partial charge in [-0.3, -0.25) is 0 Å². The van der Waals surface area contributed by atoms with Crippen LogP contribution in [0.1, 0.15) is 0 Å². The van der Waals surface area contributed by atoms with E-state index in [1.54, 1.807) is 0 Å². The van der Waals surface area contributed by atoms with Gasteiger partial charge in [0.15, 0.2) is 0 Å². The number of hydrogen-bond acceptors (Lipinski definition) is 4. The van der Waals surface area contributed by atoms with Crippen molar-refractivity contribution in [2.75, 3.05) is 0 Å². The molecule has 7 heteroatoms. The summed E-state index contributed by atoms with van der Waals surface area (Å²) in [6.45, 7) is 0. The number of rotatable bonds is 0. The second-order valence-corrected chi connectivity index (χ2v) is 0.577. The van der Waals surface area contributed by atoms with E-state index in [9.17, 15) is 0 Å². The van der Waals surface area contributed by atoms with Crippen LogP contribution in [0.5, 0.6) is 0 Å². The average molecular weight is 237 g/mol. The van der Waals surface area contributed by atoms with Crippen LogP contribution in [0.4, 0.5) is 0 Å². The molecule has 0 rings (SSSR count). The van der Waals surface area contributed by atoms with Gasteiger partial charge in [-0.1, -0.05) is 0 Å². The topological polar surface area (TPSA) is 80.3 Å². The summed E-state index contributed by atoms with van der Waals surface area (Å²) in [7, 11) is 0. The fourth-order valence-electron chi connectivity index (χ4n) is 0. The predicted molar refractivity (Wildman–Crippen MR) is 18.6 cm³/mol. The maximum absolute atomic E-state index is 8.46. The second-order valence-electron chi connectivity index (χ2n) is 0.192. The van der Waals surface area contributed by atoms with Crippen molar-refractivity contribution in [1.29, 1.82) is 0 Å². The van der Waals surface area contributed by atoms with Gasteiger partial charge in [0.25, 0.3) is 0 Å². The van der Waals surface area contributed by atoms with E-state index in [-0.39, 0.29) is 23.9 Å². The van der Waals surface area contributed by atoms with Crippen molar-refractivity contribution in [3.63, 3.8) is 0 Å². The molecule has 2 radical (unpaired) electrons. The first-order chi connectivity index (χ1) is 2.83. The average Bonchev–Trinajstić information content (AvgIpc) is 1.39. The summed E-state index contributed by atoms with van der Waals surface area (Å²) in [4.78, 5) is 0. The Kier molecular flexibility index (Phi) is 62.0. The fourth-order valence-corrected chi connectivity index (χ4v) is 0.